The van der Waals surface area contributed by atoms with Gasteiger partial charge in [0, 0.05) is 17.4 Å². The molecular weight excluding hydrogens is 407 g/mol. The normalized spacial score (nSPS) is 11.1. The number of aromatic nitrogens is 3. The number of hydrogen-bond acceptors (Lipinski definition) is 5. The maximum Gasteiger partial charge on any atom is 0.225 e. The average Bonchev–Trinajstić information content (AvgIpc) is 3.30. The van der Waals surface area contributed by atoms with E-state index in [2.05, 4.69) is 27.5 Å². The van der Waals surface area contributed by atoms with E-state index in [1.807, 2.05) is 31.2 Å². The summed E-state index contributed by atoms with van der Waals surface area (Å²) in [7, 11) is 0. The van der Waals surface area contributed by atoms with Crippen molar-refractivity contribution < 1.29 is 9.18 Å². The third kappa shape index (κ3) is 4.65. The van der Waals surface area contributed by atoms with Gasteiger partial charge < -0.3 is 5.32 Å². The lowest BCUT2D eigenvalue weighted by atomic mass is 10.3. The number of aryl methyl sites for hydroxylation is 1. The second-order valence-corrected chi connectivity index (χ2v) is 8.66. The molecule has 0 saturated heterocycles. The first-order valence-electron chi connectivity index (χ1n) is 9.20. The van der Waals surface area contributed by atoms with E-state index in [-0.39, 0.29) is 11.7 Å². The molecule has 8 heteroatoms. The molecule has 0 aliphatic heterocycles. The Bertz CT molecular complexity index is 1140. The predicted molar refractivity (Wildman–Crippen MR) is 116 cm³/mol. The van der Waals surface area contributed by atoms with E-state index in [0.29, 0.717) is 22.9 Å². The Labute approximate surface area is 176 Å². The van der Waals surface area contributed by atoms with Gasteiger partial charge in [-0.15, -0.1) is 11.8 Å². The van der Waals surface area contributed by atoms with Gasteiger partial charge in [0.15, 0.2) is 0 Å². The van der Waals surface area contributed by atoms with E-state index in [4.69, 9.17) is 0 Å². The Morgan fingerprint density at radius 1 is 1.21 bits per heavy atom. The van der Waals surface area contributed by atoms with Crippen molar-refractivity contribution in [3.05, 3.63) is 66.1 Å². The molecule has 0 radical (unpaired) electrons. The smallest absolute Gasteiger partial charge is 0.225 e. The maximum absolute atomic E-state index is 14.0. The van der Waals surface area contributed by atoms with Gasteiger partial charge in [-0.05, 0) is 43.4 Å². The van der Waals surface area contributed by atoms with Gasteiger partial charge >= 0.3 is 0 Å². The number of carbonyl (C=O) groups excluding carboxylic acids is 1. The second kappa shape index (κ2) is 8.75. The SMILES string of the molecule is Cc1cc(NC(=O)CCCSc2ccccc2)n(-c2nc3c(F)cccc3s2)n1. The summed E-state index contributed by atoms with van der Waals surface area (Å²) in [6, 6.07) is 16.8. The van der Waals surface area contributed by atoms with Gasteiger partial charge in [-0.25, -0.2) is 9.37 Å². The van der Waals surface area contributed by atoms with Crippen molar-refractivity contribution in [3.8, 4) is 5.13 Å². The fourth-order valence-corrected chi connectivity index (χ4v) is 4.69. The van der Waals surface area contributed by atoms with Crippen LogP contribution in [0.15, 0.2) is 59.5 Å². The number of thioether (sulfide) groups is 1. The van der Waals surface area contributed by atoms with Crippen molar-refractivity contribution >= 4 is 45.0 Å². The number of nitrogens with one attached hydrogen (secondary N) is 1. The van der Waals surface area contributed by atoms with Crippen LogP contribution in [0.1, 0.15) is 18.5 Å². The topological polar surface area (TPSA) is 59.8 Å². The Balaban J connectivity index is 1.41. The Hall–Kier alpha value is -2.71. The van der Waals surface area contributed by atoms with Gasteiger partial charge in [-0.2, -0.15) is 9.78 Å². The van der Waals surface area contributed by atoms with Crippen LogP contribution in [0.5, 0.6) is 0 Å². The molecule has 0 unspecified atom stereocenters. The molecule has 0 bridgehead atoms. The van der Waals surface area contributed by atoms with Crippen LogP contribution in [0.4, 0.5) is 10.2 Å². The van der Waals surface area contributed by atoms with Gasteiger partial charge in [0.2, 0.25) is 11.0 Å². The molecule has 2 heterocycles. The summed E-state index contributed by atoms with van der Waals surface area (Å²) in [6.07, 6.45) is 1.18. The summed E-state index contributed by atoms with van der Waals surface area (Å²) in [5, 5.41) is 7.85. The first-order valence-corrected chi connectivity index (χ1v) is 11.0. The number of thiazole rings is 1. The van der Waals surface area contributed by atoms with Crippen molar-refractivity contribution in [1.82, 2.24) is 14.8 Å². The number of carbonyl (C=O) groups is 1. The van der Waals surface area contributed by atoms with E-state index in [9.17, 15) is 9.18 Å². The summed E-state index contributed by atoms with van der Waals surface area (Å²) in [5.74, 6) is 0.970. The molecule has 0 fully saturated rings. The number of benzene rings is 2. The first kappa shape index (κ1) is 19.6. The van der Waals surface area contributed by atoms with Gasteiger partial charge in [-0.3, -0.25) is 4.79 Å². The molecule has 2 aromatic carbocycles. The van der Waals surface area contributed by atoms with Gasteiger partial charge in [0.1, 0.15) is 17.2 Å². The molecule has 0 spiro atoms. The van der Waals surface area contributed by atoms with E-state index < -0.39 is 0 Å². The molecule has 4 aromatic rings. The van der Waals surface area contributed by atoms with Crippen LogP contribution < -0.4 is 5.32 Å². The monoisotopic (exact) mass is 426 g/mol. The quantitative estimate of drug-likeness (QED) is 0.316. The number of hydrogen-bond donors (Lipinski definition) is 1. The lowest BCUT2D eigenvalue weighted by molar-refractivity contribution is -0.116. The molecule has 5 nitrogen and oxygen atoms in total. The largest absolute Gasteiger partial charge is 0.311 e. The van der Waals surface area contributed by atoms with E-state index >= 15 is 0 Å². The van der Waals surface area contributed by atoms with Crippen LogP contribution in [0.3, 0.4) is 0 Å². The van der Waals surface area contributed by atoms with Crippen molar-refractivity contribution in [1.29, 1.82) is 0 Å². The maximum atomic E-state index is 14.0. The van der Waals surface area contributed by atoms with Crippen molar-refractivity contribution in [2.45, 2.75) is 24.7 Å². The molecule has 4 rings (SSSR count). The number of amides is 1. The molecule has 1 amide bonds. The molecule has 0 aliphatic carbocycles. The van der Waals surface area contributed by atoms with Crippen LogP contribution in [0.2, 0.25) is 0 Å². The van der Waals surface area contributed by atoms with Gasteiger partial charge in [-0.1, -0.05) is 35.6 Å². The number of fused-ring (bicyclic) bond motifs is 1. The number of halogens is 1. The van der Waals surface area contributed by atoms with Crippen LogP contribution >= 0.6 is 23.1 Å². The van der Waals surface area contributed by atoms with Crippen LogP contribution in [0, 0.1) is 12.7 Å². The minimum absolute atomic E-state index is 0.0768. The molecule has 0 atom stereocenters. The molecule has 29 heavy (non-hydrogen) atoms. The third-order valence-electron chi connectivity index (χ3n) is 4.20. The van der Waals surface area contributed by atoms with Crippen molar-refractivity contribution in [2.75, 3.05) is 11.1 Å². The summed E-state index contributed by atoms with van der Waals surface area (Å²) in [4.78, 5) is 18.0. The zero-order valence-electron chi connectivity index (χ0n) is 15.8. The van der Waals surface area contributed by atoms with Crippen LogP contribution in [-0.2, 0) is 4.79 Å². The fraction of sp³-hybridized carbons (Fsp3) is 0.190. The molecular formula is C21H19FN4OS2. The Morgan fingerprint density at radius 3 is 2.83 bits per heavy atom. The van der Waals surface area contributed by atoms with Crippen LogP contribution in [-0.4, -0.2) is 26.4 Å². The molecule has 0 aliphatic rings. The summed E-state index contributed by atoms with van der Waals surface area (Å²) < 4.78 is 16.3. The predicted octanol–water partition coefficient (Wildman–Crippen LogP) is 5.44. The number of nitrogens with zero attached hydrogens (tertiary/aromatic N) is 3. The minimum atomic E-state index is -0.365. The minimum Gasteiger partial charge on any atom is -0.311 e. The van der Waals surface area contributed by atoms with E-state index in [1.54, 1.807) is 28.6 Å². The van der Waals surface area contributed by atoms with Gasteiger partial charge in [0.05, 0.1) is 10.4 Å². The lowest BCUT2D eigenvalue weighted by Gasteiger charge is -2.06. The highest BCUT2D eigenvalue weighted by Gasteiger charge is 2.15. The highest BCUT2D eigenvalue weighted by molar-refractivity contribution is 7.99. The lowest BCUT2D eigenvalue weighted by Crippen LogP contribution is -2.14. The number of anilines is 1. The summed E-state index contributed by atoms with van der Waals surface area (Å²) >= 11 is 3.07. The Kier molecular flexibility index (Phi) is 5.92. The van der Waals surface area contributed by atoms with Gasteiger partial charge in [0.25, 0.3) is 0 Å². The number of rotatable bonds is 7. The first-order chi connectivity index (χ1) is 14.1. The fourth-order valence-electron chi connectivity index (χ4n) is 2.87. The molecule has 1 N–H and O–H groups in total. The zero-order chi connectivity index (χ0) is 20.2. The van der Waals surface area contributed by atoms with E-state index in [0.717, 1.165) is 22.6 Å². The highest BCUT2D eigenvalue weighted by Crippen LogP contribution is 2.28. The van der Waals surface area contributed by atoms with Crippen LogP contribution in [0.25, 0.3) is 15.3 Å². The van der Waals surface area contributed by atoms with Crippen molar-refractivity contribution in [2.24, 2.45) is 0 Å². The highest BCUT2D eigenvalue weighted by atomic mass is 32.2. The summed E-state index contributed by atoms with van der Waals surface area (Å²) in [6.45, 7) is 1.84. The van der Waals surface area contributed by atoms with E-state index in [1.165, 1.54) is 22.3 Å². The third-order valence-corrected chi connectivity index (χ3v) is 6.29. The summed E-state index contributed by atoms with van der Waals surface area (Å²) in [5.41, 5.74) is 1.07. The standard InChI is InChI=1S/C21H19FN4OS2/c1-14-13-18(23-19(27)11-6-12-28-15-7-3-2-4-8-15)26(25-14)21-24-20-16(22)9-5-10-17(20)29-21/h2-5,7-10,13H,6,11-12H2,1H3,(H,23,27). The number of para-hydroxylation sites is 1. The molecule has 148 valence electrons. The Morgan fingerprint density at radius 2 is 2.03 bits per heavy atom. The van der Waals surface area contributed by atoms with Crippen molar-refractivity contribution in [3.63, 3.8) is 0 Å². The molecule has 0 saturated carbocycles. The average molecular weight is 427 g/mol. The second-order valence-electron chi connectivity index (χ2n) is 6.48. The zero-order valence-corrected chi connectivity index (χ0v) is 17.4. The molecule has 2 aromatic heterocycles.